The molecule has 0 radical (unpaired) electrons. The molecule has 0 spiro atoms. The minimum absolute atomic E-state index is 0.0490. The molecule has 1 amide bonds. The average molecular weight is 957 g/mol. The fourth-order valence-electron chi connectivity index (χ4n) is 7.21. The molecule has 0 aromatic heterocycles. The second-order valence-electron chi connectivity index (χ2n) is 19.0. The van der Waals surface area contributed by atoms with Crippen molar-refractivity contribution in [1.82, 2.24) is 5.32 Å². The number of carbonyl (C=O) groups is 1. The van der Waals surface area contributed by atoms with Crippen LogP contribution in [-0.2, 0) is 18.4 Å². The number of aliphatic hydroxyl groups is 2. The quantitative estimate of drug-likeness (QED) is 0.0240. The highest BCUT2D eigenvalue weighted by atomic mass is 31.2. The SMILES string of the molecule is CC/C=C\C/C=C\C/C=C\C/C=C\C/C=C\C/C=C\C/C=C\C/C=C\CCCCCCCCC(=O)NC(COP(=O)([O-])OCC[N+](C)(C)C)C(O)C(O)CCCCCCCCCCCCCC. The molecule has 10 heteroatoms. The number of unbranched alkanes of at least 4 members (excludes halogenated alkanes) is 17. The fraction of sp³-hybridized carbons (Fsp3) is 0.702. The molecule has 0 saturated heterocycles. The number of phosphoric ester groups is 1. The first-order valence-electron chi connectivity index (χ1n) is 26.7. The summed E-state index contributed by atoms with van der Waals surface area (Å²) < 4.78 is 23.2. The van der Waals surface area contributed by atoms with E-state index in [1.807, 2.05) is 21.1 Å². The summed E-state index contributed by atoms with van der Waals surface area (Å²) in [7, 11) is 1.10. The summed E-state index contributed by atoms with van der Waals surface area (Å²) in [4.78, 5) is 25.5. The highest BCUT2D eigenvalue weighted by Gasteiger charge is 2.29. The van der Waals surface area contributed by atoms with E-state index in [4.69, 9.17) is 9.05 Å². The monoisotopic (exact) mass is 957 g/mol. The van der Waals surface area contributed by atoms with E-state index in [1.54, 1.807) is 0 Å². The molecule has 0 aliphatic heterocycles. The molecule has 0 aromatic rings. The molecule has 0 bridgehead atoms. The Morgan fingerprint density at radius 2 is 0.940 bits per heavy atom. The number of hydrogen-bond donors (Lipinski definition) is 3. The number of carbonyl (C=O) groups excluding carboxylic acids is 1. The second kappa shape index (κ2) is 47.1. The number of likely N-dealkylation sites (N-methyl/N-ethyl adjacent to an activating group) is 1. The highest BCUT2D eigenvalue weighted by molar-refractivity contribution is 7.45. The van der Waals surface area contributed by atoms with Crippen molar-refractivity contribution in [2.24, 2.45) is 0 Å². The van der Waals surface area contributed by atoms with Crippen LogP contribution in [0.1, 0.15) is 200 Å². The Kier molecular flexibility index (Phi) is 45.2. The minimum atomic E-state index is -4.68. The van der Waals surface area contributed by atoms with Crippen LogP contribution < -0.4 is 10.2 Å². The maximum absolute atomic E-state index is 13.0. The standard InChI is InChI=1S/C57H101N2O7P/c1-6-8-10-12-14-16-18-20-21-22-23-24-25-26-27-28-29-30-31-32-33-34-35-36-37-38-40-42-44-46-48-50-56(61)58-54(53-66-67(63,64)65-52-51-59(3,4)5)57(62)55(60)49-47-45-43-41-39-19-17-15-13-11-9-7-2/h8,10,14,16,20-21,23-24,26-27,29-30,32-33,35-36,54-55,57,60,62H,6-7,9,11-13,15,17-19,22,25,28,31,34,37-53H2,1-5H3,(H-,58,61,63,64)/b10-8-,16-14-,21-20-,24-23-,27-26-,30-29-,33-32-,36-35-. The van der Waals surface area contributed by atoms with Gasteiger partial charge in [-0.15, -0.1) is 0 Å². The Morgan fingerprint density at radius 3 is 1.37 bits per heavy atom. The molecule has 9 nitrogen and oxygen atoms in total. The molecule has 0 heterocycles. The van der Waals surface area contributed by atoms with Crippen LogP contribution in [0.25, 0.3) is 0 Å². The number of amides is 1. The lowest BCUT2D eigenvalue weighted by Crippen LogP contribution is -2.51. The Balaban J connectivity index is 4.32. The van der Waals surface area contributed by atoms with Crippen molar-refractivity contribution < 1.29 is 38.0 Å². The summed E-state index contributed by atoms with van der Waals surface area (Å²) in [6, 6.07) is -1.09. The van der Waals surface area contributed by atoms with E-state index in [0.717, 1.165) is 116 Å². The van der Waals surface area contributed by atoms with Gasteiger partial charge in [-0.3, -0.25) is 9.36 Å². The first kappa shape index (κ1) is 64.4. The van der Waals surface area contributed by atoms with E-state index >= 15 is 0 Å². The van der Waals surface area contributed by atoms with Crippen LogP contribution >= 0.6 is 7.82 Å². The van der Waals surface area contributed by atoms with Gasteiger partial charge < -0.3 is 34.0 Å². The Bertz CT molecular complexity index is 1430. The third-order valence-corrected chi connectivity index (χ3v) is 12.4. The topological polar surface area (TPSA) is 128 Å². The zero-order chi connectivity index (χ0) is 49.4. The molecule has 0 aromatic carbocycles. The molecule has 4 unspecified atom stereocenters. The summed E-state index contributed by atoms with van der Waals surface area (Å²) in [6.07, 6.45) is 63.1. The predicted molar refractivity (Wildman–Crippen MR) is 285 cm³/mol. The second-order valence-corrected chi connectivity index (χ2v) is 20.4. The molecule has 0 aliphatic rings. The maximum Gasteiger partial charge on any atom is 0.268 e. The lowest BCUT2D eigenvalue weighted by atomic mass is 9.99. The Morgan fingerprint density at radius 1 is 0.552 bits per heavy atom. The van der Waals surface area contributed by atoms with Crippen molar-refractivity contribution >= 4 is 13.7 Å². The van der Waals surface area contributed by atoms with Crippen molar-refractivity contribution in [2.45, 2.75) is 218 Å². The number of nitrogens with zero attached hydrogens (tertiary/aromatic N) is 1. The van der Waals surface area contributed by atoms with Crippen LogP contribution in [-0.4, -0.2) is 79.8 Å². The fourth-order valence-corrected chi connectivity index (χ4v) is 7.93. The third-order valence-electron chi connectivity index (χ3n) is 11.4. The van der Waals surface area contributed by atoms with E-state index in [1.165, 1.54) is 51.4 Å². The van der Waals surface area contributed by atoms with Crippen LogP contribution in [0, 0.1) is 0 Å². The van der Waals surface area contributed by atoms with Crippen molar-refractivity contribution in [2.75, 3.05) is 40.9 Å². The van der Waals surface area contributed by atoms with Crippen molar-refractivity contribution in [1.29, 1.82) is 0 Å². The molecule has 0 saturated carbocycles. The number of rotatable bonds is 47. The van der Waals surface area contributed by atoms with Crippen LogP contribution in [0.2, 0.25) is 0 Å². The largest absolute Gasteiger partial charge is 0.756 e. The Hall–Kier alpha value is -2.62. The zero-order valence-electron chi connectivity index (χ0n) is 43.4. The minimum Gasteiger partial charge on any atom is -0.756 e. The predicted octanol–water partition coefficient (Wildman–Crippen LogP) is 14.2. The average Bonchev–Trinajstić information content (AvgIpc) is 3.29. The summed E-state index contributed by atoms with van der Waals surface area (Å²) in [5.41, 5.74) is 0. The smallest absolute Gasteiger partial charge is 0.268 e. The van der Waals surface area contributed by atoms with E-state index in [9.17, 15) is 24.5 Å². The van der Waals surface area contributed by atoms with Gasteiger partial charge in [-0.2, -0.15) is 0 Å². The first-order valence-corrected chi connectivity index (χ1v) is 28.1. The number of phosphoric acid groups is 1. The normalized spacial score (nSPS) is 15.3. The van der Waals surface area contributed by atoms with E-state index < -0.39 is 32.7 Å². The van der Waals surface area contributed by atoms with Gasteiger partial charge in [0.15, 0.2) is 0 Å². The highest BCUT2D eigenvalue weighted by Crippen LogP contribution is 2.38. The number of quaternary nitrogens is 1. The van der Waals surface area contributed by atoms with Crippen LogP contribution in [0.4, 0.5) is 0 Å². The van der Waals surface area contributed by atoms with Crippen LogP contribution in [0.15, 0.2) is 97.2 Å². The summed E-state index contributed by atoms with van der Waals surface area (Å²) in [5, 5.41) is 24.7. The van der Waals surface area contributed by atoms with E-state index in [2.05, 4.69) is 116 Å². The summed E-state index contributed by atoms with van der Waals surface area (Å²) in [6.45, 7) is 4.29. The number of aliphatic hydroxyl groups excluding tert-OH is 2. The lowest BCUT2D eigenvalue weighted by molar-refractivity contribution is -0.870. The van der Waals surface area contributed by atoms with Crippen molar-refractivity contribution in [3.8, 4) is 0 Å². The van der Waals surface area contributed by atoms with E-state index in [0.29, 0.717) is 23.9 Å². The zero-order valence-corrected chi connectivity index (χ0v) is 44.3. The first-order chi connectivity index (χ1) is 32.4. The van der Waals surface area contributed by atoms with Crippen molar-refractivity contribution in [3.63, 3.8) is 0 Å². The van der Waals surface area contributed by atoms with Crippen molar-refractivity contribution in [3.05, 3.63) is 97.2 Å². The van der Waals surface area contributed by atoms with Gasteiger partial charge in [0.25, 0.3) is 7.82 Å². The molecule has 0 rings (SSSR count). The third kappa shape index (κ3) is 48.2. The van der Waals surface area contributed by atoms with Gasteiger partial charge in [0.05, 0.1) is 39.9 Å². The van der Waals surface area contributed by atoms with Gasteiger partial charge in [0, 0.05) is 6.42 Å². The molecule has 4 atom stereocenters. The molecule has 0 aliphatic carbocycles. The van der Waals surface area contributed by atoms with Gasteiger partial charge in [0.1, 0.15) is 19.3 Å². The summed E-state index contributed by atoms with van der Waals surface area (Å²) >= 11 is 0. The van der Waals surface area contributed by atoms with Gasteiger partial charge in [0.2, 0.25) is 5.91 Å². The number of nitrogens with one attached hydrogen (secondary N) is 1. The van der Waals surface area contributed by atoms with Crippen LogP contribution in [0.5, 0.6) is 0 Å². The molecule has 3 N–H and O–H groups in total. The van der Waals surface area contributed by atoms with Gasteiger partial charge in [-0.1, -0.05) is 214 Å². The molecular formula is C57H101N2O7P. The molecule has 67 heavy (non-hydrogen) atoms. The molecular weight excluding hydrogens is 856 g/mol. The van der Waals surface area contributed by atoms with E-state index in [-0.39, 0.29) is 18.9 Å². The lowest BCUT2D eigenvalue weighted by Gasteiger charge is -2.31. The summed E-state index contributed by atoms with van der Waals surface area (Å²) in [5.74, 6) is -0.298. The number of allylic oxidation sites excluding steroid dienone is 16. The van der Waals surface area contributed by atoms with Gasteiger partial charge in [-0.05, 0) is 77.0 Å². The van der Waals surface area contributed by atoms with Gasteiger partial charge in [-0.25, -0.2) is 0 Å². The molecule has 0 fully saturated rings. The molecule has 386 valence electrons. The van der Waals surface area contributed by atoms with Gasteiger partial charge >= 0.3 is 0 Å². The number of hydrogen-bond acceptors (Lipinski definition) is 7. The maximum atomic E-state index is 13.0. The Labute approximate surface area is 411 Å². The van der Waals surface area contributed by atoms with Crippen LogP contribution in [0.3, 0.4) is 0 Å².